The first-order valence-electron chi connectivity index (χ1n) is 7.66. The summed E-state index contributed by atoms with van der Waals surface area (Å²) in [6, 6.07) is 20.5. The SMILES string of the molecule is Cc1ccc(C2=NCC(=O)Nc3c2ccc2ccccc32)cc1. The molecular formula is C20H16N2O. The van der Waals surface area contributed by atoms with E-state index >= 15 is 0 Å². The molecule has 0 bridgehead atoms. The van der Waals surface area contributed by atoms with Crippen molar-refractivity contribution in [2.45, 2.75) is 6.92 Å². The molecule has 0 aromatic heterocycles. The summed E-state index contributed by atoms with van der Waals surface area (Å²) in [4.78, 5) is 16.7. The molecule has 1 amide bonds. The lowest BCUT2D eigenvalue weighted by Crippen LogP contribution is -2.13. The van der Waals surface area contributed by atoms with Crippen LogP contribution in [0, 0.1) is 6.92 Å². The van der Waals surface area contributed by atoms with E-state index in [0.29, 0.717) is 0 Å². The molecule has 112 valence electrons. The Morgan fingerprint density at radius 1 is 0.957 bits per heavy atom. The molecule has 1 N–H and O–H groups in total. The van der Waals surface area contributed by atoms with Crippen LogP contribution in [0.5, 0.6) is 0 Å². The van der Waals surface area contributed by atoms with Gasteiger partial charge in [-0.1, -0.05) is 66.2 Å². The van der Waals surface area contributed by atoms with Crippen LogP contribution >= 0.6 is 0 Å². The van der Waals surface area contributed by atoms with E-state index in [1.807, 2.05) is 24.3 Å². The Balaban J connectivity index is 1.98. The van der Waals surface area contributed by atoms with Gasteiger partial charge in [-0.15, -0.1) is 0 Å². The van der Waals surface area contributed by atoms with Gasteiger partial charge in [0.2, 0.25) is 5.91 Å². The second kappa shape index (κ2) is 5.36. The van der Waals surface area contributed by atoms with Crippen molar-refractivity contribution < 1.29 is 4.79 Å². The number of carbonyl (C=O) groups is 1. The number of amides is 1. The van der Waals surface area contributed by atoms with Crippen molar-refractivity contribution in [2.75, 3.05) is 11.9 Å². The minimum Gasteiger partial charge on any atom is -0.323 e. The van der Waals surface area contributed by atoms with Gasteiger partial charge in [-0.25, -0.2) is 0 Å². The number of hydrogen-bond acceptors (Lipinski definition) is 2. The maximum Gasteiger partial charge on any atom is 0.246 e. The normalized spacial score (nSPS) is 14.0. The Bertz CT molecular complexity index is 940. The van der Waals surface area contributed by atoms with Gasteiger partial charge in [0, 0.05) is 16.5 Å². The van der Waals surface area contributed by atoms with Gasteiger partial charge in [-0.2, -0.15) is 0 Å². The summed E-state index contributed by atoms with van der Waals surface area (Å²) >= 11 is 0. The Morgan fingerprint density at radius 2 is 1.74 bits per heavy atom. The summed E-state index contributed by atoms with van der Waals surface area (Å²) in [6.07, 6.45) is 0. The number of carbonyl (C=O) groups excluding carboxylic acids is 1. The first-order chi connectivity index (χ1) is 11.2. The van der Waals surface area contributed by atoms with Crippen molar-refractivity contribution in [2.24, 2.45) is 4.99 Å². The molecule has 1 aliphatic rings. The van der Waals surface area contributed by atoms with Gasteiger partial charge < -0.3 is 5.32 Å². The first kappa shape index (κ1) is 13.7. The van der Waals surface area contributed by atoms with Crippen LogP contribution < -0.4 is 5.32 Å². The highest BCUT2D eigenvalue weighted by Gasteiger charge is 2.19. The van der Waals surface area contributed by atoms with Crippen LogP contribution in [0.1, 0.15) is 16.7 Å². The van der Waals surface area contributed by atoms with Crippen LogP contribution in [0.2, 0.25) is 0 Å². The van der Waals surface area contributed by atoms with Gasteiger partial charge in [0.25, 0.3) is 0 Å². The number of aryl methyl sites for hydroxylation is 1. The van der Waals surface area contributed by atoms with Crippen LogP contribution in [0.3, 0.4) is 0 Å². The van der Waals surface area contributed by atoms with Gasteiger partial charge in [0.15, 0.2) is 0 Å². The van der Waals surface area contributed by atoms with E-state index in [1.165, 1.54) is 5.56 Å². The molecule has 3 aromatic carbocycles. The number of anilines is 1. The Hall–Kier alpha value is -2.94. The molecule has 4 rings (SSSR count). The molecule has 3 nitrogen and oxygen atoms in total. The largest absolute Gasteiger partial charge is 0.323 e. The van der Waals surface area contributed by atoms with E-state index in [-0.39, 0.29) is 12.5 Å². The van der Waals surface area contributed by atoms with Gasteiger partial charge >= 0.3 is 0 Å². The molecule has 0 saturated heterocycles. The molecule has 3 heteroatoms. The predicted molar refractivity (Wildman–Crippen MR) is 94.3 cm³/mol. The van der Waals surface area contributed by atoms with E-state index in [9.17, 15) is 4.79 Å². The van der Waals surface area contributed by atoms with Gasteiger partial charge in [0.05, 0.1) is 11.4 Å². The molecule has 0 atom stereocenters. The number of hydrogen-bond donors (Lipinski definition) is 1. The lowest BCUT2D eigenvalue weighted by Gasteiger charge is -2.13. The van der Waals surface area contributed by atoms with Crippen molar-refractivity contribution in [3.63, 3.8) is 0 Å². The zero-order chi connectivity index (χ0) is 15.8. The highest BCUT2D eigenvalue weighted by Crippen LogP contribution is 2.31. The molecule has 0 saturated carbocycles. The average molecular weight is 300 g/mol. The standard InChI is InChI=1S/C20H16N2O/c1-13-6-8-15(9-7-13)19-17-11-10-14-4-2-3-5-16(14)20(17)22-18(23)12-21-19/h2-11H,12H2,1H3,(H,22,23). The average Bonchev–Trinajstić information content (AvgIpc) is 2.74. The highest BCUT2D eigenvalue weighted by atomic mass is 16.1. The lowest BCUT2D eigenvalue weighted by molar-refractivity contribution is -0.114. The maximum atomic E-state index is 12.1. The van der Waals surface area contributed by atoms with Crippen molar-refractivity contribution in [1.29, 1.82) is 0 Å². The fraction of sp³-hybridized carbons (Fsp3) is 0.100. The van der Waals surface area contributed by atoms with E-state index in [0.717, 1.165) is 33.3 Å². The summed E-state index contributed by atoms with van der Waals surface area (Å²) in [5.74, 6) is -0.0790. The van der Waals surface area contributed by atoms with E-state index < -0.39 is 0 Å². The third-order valence-electron chi connectivity index (χ3n) is 4.15. The maximum absolute atomic E-state index is 12.1. The molecule has 1 heterocycles. The van der Waals surface area contributed by atoms with Crippen LogP contribution in [-0.2, 0) is 4.79 Å². The lowest BCUT2D eigenvalue weighted by atomic mass is 9.96. The first-order valence-corrected chi connectivity index (χ1v) is 7.66. The third-order valence-corrected chi connectivity index (χ3v) is 4.15. The number of nitrogens with zero attached hydrogens (tertiary/aromatic N) is 1. The summed E-state index contributed by atoms with van der Waals surface area (Å²) in [5.41, 5.74) is 4.92. The Labute approximate surface area is 134 Å². The van der Waals surface area contributed by atoms with Crippen molar-refractivity contribution in [3.8, 4) is 0 Å². The quantitative estimate of drug-likeness (QED) is 0.726. The summed E-state index contributed by atoms with van der Waals surface area (Å²) in [7, 11) is 0. The van der Waals surface area contributed by atoms with Crippen molar-refractivity contribution in [3.05, 3.63) is 77.4 Å². The topological polar surface area (TPSA) is 41.5 Å². The monoisotopic (exact) mass is 300 g/mol. The number of fused-ring (bicyclic) bond motifs is 3. The number of benzene rings is 3. The predicted octanol–water partition coefficient (Wildman–Crippen LogP) is 3.94. The zero-order valence-electron chi connectivity index (χ0n) is 12.8. The smallest absolute Gasteiger partial charge is 0.246 e. The summed E-state index contributed by atoms with van der Waals surface area (Å²) in [6.45, 7) is 2.21. The molecule has 1 aliphatic heterocycles. The fourth-order valence-electron chi connectivity index (χ4n) is 2.98. The number of rotatable bonds is 1. The summed E-state index contributed by atoms with van der Waals surface area (Å²) < 4.78 is 0. The van der Waals surface area contributed by atoms with Crippen LogP contribution in [0.15, 0.2) is 65.7 Å². The molecule has 0 aliphatic carbocycles. The van der Waals surface area contributed by atoms with Gasteiger partial charge in [0.1, 0.15) is 6.54 Å². The van der Waals surface area contributed by atoms with Gasteiger partial charge in [-0.05, 0) is 12.3 Å². The summed E-state index contributed by atoms with van der Waals surface area (Å²) in [5, 5.41) is 5.17. The molecular weight excluding hydrogens is 284 g/mol. The third kappa shape index (κ3) is 2.40. The highest BCUT2D eigenvalue weighted by molar-refractivity contribution is 6.22. The van der Waals surface area contributed by atoms with Crippen LogP contribution in [-0.4, -0.2) is 18.2 Å². The second-order valence-corrected chi connectivity index (χ2v) is 5.79. The molecule has 3 aromatic rings. The molecule has 23 heavy (non-hydrogen) atoms. The molecule has 0 unspecified atom stereocenters. The Morgan fingerprint density at radius 3 is 2.57 bits per heavy atom. The van der Waals surface area contributed by atoms with E-state index in [4.69, 9.17) is 0 Å². The zero-order valence-corrected chi connectivity index (χ0v) is 12.8. The van der Waals surface area contributed by atoms with Crippen molar-refractivity contribution in [1.82, 2.24) is 0 Å². The molecule has 0 spiro atoms. The van der Waals surface area contributed by atoms with Crippen LogP contribution in [0.25, 0.3) is 10.8 Å². The van der Waals surface area contributed by atoms with Gasteiger partial charge in [-0.3, -0.25) is 9.79 Å². The van der Waals surface area contributed by atoms with E-state index in [2.05, 4.69) is 53.6 Å². The number of nitrogens with one attached hydrogen (secondary N) is 1. The Kier molecular flexibility index (Phi) is 3.19. The minimum atomic E-state index is -0.0790. The fourth-order valence-corrected chi connectivity index (χ4v) is 2.98. The number of aliphatic imine (C=N–C) groups is 1. The van der Waals surface area contributed by atoms with E-state index in [1.54, 1.807) is 0 Å². The molecule has 0 fully saturated rings. The second-order valence-electron chi connectivity index (χ2n) is 5.79. The molecule has 0 radical (unpaired) electrons. The minimum absolute atomic E-state index is 0.0790. The van der Waals surface area contributed by atoms with Crippen LogP contribution in [0.4, 0.5) is 5.69 Å². The van der Waals surface area contributed by atoms with Crippen molar-refractivity contribution >= 4 is 28.1 Å².